The van der Waals surface area contributed by atoms with Crippen LogP contribution in [-0.4, -0.2) is 18.0 Å². The Bertz CT molecular complexity index is 187. The minimum absolute atomic E-state index is 0.227. The van der Waals surface area contributed by atoms with Crippen LogP contribution in [0.3, 0.4) is 0 Å². The van der Waals surface area contributed by atoms with E-state index in [1.807, 2.05) is 0 Å². The van der Waals surface area contributed by atoms with Crippen LogP contribution in [0.4, 0.5) is 0 Å². The van der Waals surface area contributed by atoms with Crippen LogP contribution in [-0.2, 0) is 9.47 Å². The van der Waals surface area contributed by atoms with Gasteiger partial charge in [-0.2, -0.15) is 0 Å². The van der Waals surface area contributed by atoms with E-state index in [9.17, 15) is 0 Å². The lowest BCUT2D eigenvalue weighted by Crippen LogP contribution is -2.48. The standard InChI is InChI=1S/C12H22O2/c1-9-7-11(3)14-12(8-9)6-4-5-10(2)13-12/h9-11H,4-8H2,1-3H3/t9-,10-,11+,12+/m1/s1. The zero-order chi connectivity index (χ0) is 10.2. The minimum atomic E-state index is -0.227. The SMILES string of the molecule is C[C@@H]1C[C@H](C)O[C@@]2(CCC[C@@H](C)O2)C1. The molecule has 1 spiro atoms. The van der Waals surface area contributed by atoms with Gasteiger partial charge in [-0.25, -0.2) is 0 Å². The van der Waals surface area contributed by atoms with Crippen LogP contribution in [0, 0.1) is 5.92 Å². The minimum Gasteiger partial charge on any atom is -0.347 e. The van der Waals surface area contributed by atoms with E-state index in [0.29, 0.717) is 12.2 Å². The summed E-state index contributed by atoms with van der Waals surface area (Å²) >= 11 is 0. The fourth-order valence-electron chi connectivity index (χ4n) is 3.02. The Morgan fingerprint density at radius 1 is 1.07 bits per heavy atom. The van der Waals surface area contributed by atoms with Crippen molar-refractivity contribution in [1.29, 1.82) is 0 Å². The topological polar surface area (TPSA) is 18.5 Å². The van der Waals surface area contributed by atoms with Crippen LogP contribution in [0.2, 0.25) is 0 Å². The molecule has 14 heavy (non-hydrogen) atoms. The van der Waals surface area contributed by atoms with Crippen molar-refractivity contribution in [2.24, 2.45) is 5.92 Å². The van der Waals surface area contributed by atoms with Crippen molar-refractivity contribution >= 4 is 0 Å². The van der Waals surface area contributed by atoms with Crippen molar-refractivity contribution in [2.45, 2.75) is 70.9 Å². The van der Waals surface area contributed by atoms with Gasteiger partial charge in [-0.3, -0.25) is 0 Å². The van der Waals surface area contributed by atoms with Gasteiger partial charge in [0.1, 0.15) is 0 Å². The Morgan fingerprint density at radius 3 is 2.43 bits per heavy atom. The predicted molar refractivity (Wildman–Crippen MR) is 56.1 cm³/mol. The number of ether oxygens (including phenoxy) is 2. The third-order valence-corrected chi connectivity index (χ3v) is 3.39. The molecule has 0 aliphatic carbocycles. The number of hydrogen-bond acceptors (Lipinski definition) is 2. The molecule has 2 heterocycles. The molecule has 0 amide bonds. The maximum absolute atomic E-state index is 6.03. The molecule has 0 aromatic carbocycles. The van der Waals surface area contributed by atoms with Crippen LogP contribution in [0.5, 0.6) is 0 Å². The summed E-state index contributed by atoms with van der Waals surface area (Å²) in [6.45, 7) is 6.64. The van der Waals surface area contributed by atoms with E-state index < -0.39 is 0 Å². The zero-order valence-electron chi connectivity index (χ0n) is 9.58. The van der Waals surface area contributed by atoms with Gasteiger partial charge in [-0.1, -0.05) is 6.92 Å². The lowest BCUT2D eigenvalue weighted by atomic mass is 9.87. The highest BCUT2D eigenvalue weighted by molar-refractivity contribution is 4.84. The molecule has 0 aromatic heterocycles. The first kappa shape index (κ1) is 10.4. The van der Waals surface area contributed by atoms with Gasteiger partial charge < -0.3 is 9.47 Å². The van der Waals surface area contributed by atoms with Crippen LogP contribution in [0.15, 0.2) is 0 Å². The maximum Gasteiger partial charge on any atom is 0.169 e. The van der Waals surface area contributed by atoms with E-state index >= 15 is 0 Å². The molecular formula is C12H22O2. The highest BCUT2D eigenvalue weighted by atomic mass is 16.7. The molecule has 2 aliphatic heterocycles. The first-order valence-electron chi connectivity index (χ1n) is 5.95. The Kier molecular flexibility index (Phi) is 2.85. The molecule has 2 nitrogen and oxygen atoms in total. The fourth-order valence-corrected chi connectivity index (χ4v) is 3.02. The summed E-state index contributed by atoms with van der Waals surface area (Å²) in [7, 11) is 0. The van der Waals surface area contributed by atoms with Crippen molar-refractivity contribution in [3.63, 3.8) is 0 Å². The van der Waals surface area contributed by atoms with Gasteiger partial charge >= 0.3 is 0 Å². The summed E-state index contributed by atoms with van der Waals surface area (Å²) in [5.41, 5.74) is 0. The maximum atomic E-state index is 6.03. The molecular weight excluding hydrogens is 176 g/mol. The summed E-state index contributed by atoms with van der Waals surface area (Å²) in [5, 5.41) is 0. The molecule has 0 N–H and O–H groups in total. The van der Waals surface area contributed by atoms with Crippen molar-refractivity contribution in [3.8, 4) is 0 Å². The van der Waals surface area contributed by atoms with Crippen molar-refractivity contribution in [2.75, 3.05) is 0 Å². The molecule has 2 fully saturated rings. The van der Waals surface area contributed by atoms with Gasteiger partial charge in [0.25, 0.3) is 0 Å². The highest BCUT2D eigenvalue weighted by Crippen LogP contribution is 2.40. The molecule has 2 rings (SSSR count). The third-order valence-electron chi connectivity index (χ3n) is 3.39. The lowest BCUT2D eigenvalue weighted by Gasteiger charge is -2.46. The molecule has 0 aromatic rings. The molecule has 0 bridgehead atoms. The van der Waals surface area contributed by atoms with E-state index in [1.165, 1.54) is 19.3 Å². The molecule has 0 saturated carbocycles. The average molecular weight is 198 g/mol. The molecule has 2 aliphatic rings. The lowest BCUT2D eigenvalue weighted by molar-refractivity contribution is -0.316. The van der Waals surface area contributed by atoms with E-state index in [2.05, 4.69) is 20.8 Å². The second-order valence-electron chi connectivity index (χ2n) is 5.20. The highest BCUT2D eigenvalue weighted by Gasteiger charge is 2.42. The summed E-state index contributed by atoms with van der Waals surface area (Å²) in [5.74, 6) is 0.512. The second-order valence-corrected chi connectivity index (χ2v) is 5.20. The summed E-state index contributed by atoms with van der Waals surface area (Å²) in [4.78, 5) is 0. The van der Waals surface area contributed by atoms with Crippen molar-refractivity contribution in [1.82, 2.24) is 0 Å². The molecule has 2 saturated heterocycles. The monoisotopic (exact) mass is 198 g/mol. The van der Waals surface area contributed by atoms with Crippen molar-refractivity contribution in [3.05, 3.63) is 0 Å². The number of rotatable bonds is 0. The van der Waals surface area contributed by atoms with Crippen LogP contribution in [0.25, 0.3) is 0 Å². The van der Waals surface area contributed by atoms with Gasteiger partial charge in [0, 0.05) is 12.8 Å². The molecule has 0 unspecified atom stereocenters. The van der Waals surface area contributed by atoms with E-state index in [1.54, 1.807) is 0 Å². The largest absolute Gasteiger partial charge is 0.347 e. The van der Waals surface area contributed by atoms with E-state index in [4.69, 9.17) is 9.47 Å². The van der Waals surface area contributed by atoms with Crippen LogP contribution >= 0.6 is 0 Å². The van der Waals surface area contributed by atoms with Gasteiger partial charge in [0.2, 0.25) is 0 Å². The summed E-state index contributed by atoms with van der Waals surface area (Å²) in [6, 6.07) is 0. The Hall–Kier alpha value is -0.0800. The van der Waals surface area contributed by atoms with Crippen LogP contribution in [0.1, 0.15) is 52.9 Å². The first-order chi connectivity index (χ1) is 6.60. The average Bonchev–Trinajstić information content (AvgIpc) is 1.99. The van der Waals surface area contributed by atoms with Gasteiger partial charge in [-0.05, 0) is 39.0 Å². The van der Waals surface area contributed by atoms with Crippen molar-refractivity contribution < 1.29 is 9.47 Å². The zero-order valence-corrected chi connectivity index (χ0v) is 9.58. The van der Waals surface area contributed by atoms with E-state index in [0.717, 1.165) is 18.8 Å². The molecule has 82 valence electrons. The quantitative estimate of drug-likeness (QED) is 0.595. The third kappa shape index (κ3) is 2.12. The molecule has 4 atom stereocenters. The molecule has 0 radical (unpaired) electrons. The van der Waals surface area contributed by atoms with Crippen LogP contribution < -0.4 is 0 Å². The van der Waals surface area contributed by atoms with Gasteiger partial charge in [0.05, 0.1) is 12.2 Å². The van der Waals surface area contributed by atoms with E-state index in [-0.39, 0.29) is 5.79 Å². The smallest absolute Gasteiger partial charge is 0.169 e. The Morgan fingerprint density at radius 2 is 1.79 bits per heavy atom. The summed E-state index contributed by atoms with van der Waals surface area (Å²) < 4.78 is 12.1. The Balaban J connectivity index is 2.05. The van der Waals surface area contributed by atoms with Gasteiger partial charge in [-0.15, -0.1) is 0 Å². The molecule has 2 heteroatoms. The predicted octanol–water partition coefficient (Wildman–Crippen LogP) is 3.11. The second kappa shape index (κ2) is 3.82. The fraction of sp³-hybridized carbons (Fsp3) is 1.00. The first-order valence-corrected chi connectivity index (χ1v) is 5.95. The normalized spacial score (nSPS) is 49.5. The summed E-state index contributed by atoms with van der Waals surface area (Å²) in [6.07, 6.45) is 6.53. The van der Waals surface area contributed by atoms with Gasteiger partial charge in [0.15, 0.2) is 5.79 Å². The number of hydrogen-bond donors (Lipinski definition) is 0. The Labute approximate surface area is 87.0 Å².